The summed E-state index contributed by atoms with van der Waals surface area (Å²) in [6, 6.07) is 32.4. The molecule has 0 saturated carbocycles. The van der Waals surface area contributed by atoms with Gasteiger partial charge in [-0.3, -0.25) is 0 Å². The van der Waals surface area contributed by atoms with Gasteiger partial charge in [0, 0.05) is 79.4 Å². The molecule has 2 aliphatic heterocycles. The van der Waals surface area contributed by atoms with E-state index in [0.29, 0.717) is 83.3 Å². The van der Waals surface area contributed by atoms with Crippen LogP contribution in [0.3, 0.4) is 0 Å². The van der Waals surface area contributed by atoms with E-state index in [9.17, 15) is 27.0 Å². The van der Waals surface area contributed by atoms with E-state index in [2.05, 4.69) is 25.9 Å². The van der Waals surface area contributed by atoms with Crippen molar-refractivity contribution in [3.05, 3.63) is 132 Å². The Kier molecular flexibility index (Phi) is 16.2. The van der Waals surface area contributed by atoms with Crippen molar-refractivity contribution >= 4 is 31.3 Å². The summed E-state index contributed by atoms with van der Waals surface area (Å²) in [6.07, 6.45) is 2.75. The fraction of sp³-hybridized carbons (Fsp3) is 0.321. The number of benzene rings is 4. The molecule has 2 aliphatic rings. The van der Waals surface area contributed by atoms with Crippen LogP contribution >= 0.6 is 0 Å². The van der Waals surface area contributed by atoms with E-state index in [-0.39, 0.29) is 64.9 Å². The third-order valence-electron chi connectivity index (χ3n) is 14.2. The number of hydrogen-bond acceptors (Lipinski definition) is 20. The molecule has 0 spiro atoms. The third-order valence-corrected chi connectivity index (χ3v) is 18.7. The van der Waals surface area contributed by atoms with E-state index in [1.807, 2.05) is 48.5 Å². The molecule has 2 fully saturated rings. The molecule has 8 aromatic rings. The minimum Gasteiger partial charge on any atom is -0.396 e. The first-order valence-corrected chi connectivity index (χ1v) is 28.8. The molecule has 4 aromatic carbocycles. The molecule has 10 rings (SSSR count). The zero-order valence-electron chi connectivity index (χ0n) is 42.9. The normalized spacial score (nSPS) is 17.6. The number of anilines is 2. The SMILES string of the molecule is CC(CCO)S(=O)(=O)c1ccc(-c2cnc(N)c(-c3cc(-c4ccc(CN[C@H]5COC(c6nc(N)c(-c7cc(-c8ccc(CN[C@H]9CCOC9)cc8)no7)nc6-c6ccc(S(=O)(=O)C(C)CCO)cc6)C5)cc4)no3)n2)cc1. The summed E-state index contributed by atoms with van der Waals surface area (Å²) in [5, 5.41) is 33.0. The minimum atomic E-state index is -3.71. The Bertz CT molecular complexity index is 3590. The molecule has 22 heteroatoms. The summed E-state index contributed by atoms with van der Waals surface area (Å²) < 4.78 is 76.0. The number of aliphatic hydroxyl groups excluding tert-OH is 2. The first-order chi connectivity index (χ1) is 37.7. The number of hydrogen-bond donors (Lipinski definition) is 6. The standard InChI is InChI=1S/C56H60N10O10S2/c1-33(19-22-67)77(69,70)43-15-11-39(12-16-43)47-30-61-55(57)53(62-47)49-26-45(65-75-49)37-9-5-36(6-10-37)29-60-42-25-48(74-32-42)52-51(40-13-17-44(18-14-40)78(71,72)34(2)20-23-68)63-54(56(58)64-52)50-27-46(66-76-50)38-7-3-35(4-8-38)28-59-41-21-24-73-31-41/h3-18,26-27,30,33-34,41-42,48,59-60,67-68H,19-25,28-29,31-32H2,1-2H3,(H2,57,61)(H2,58,64)/t33?,34?,41-,42+,48?/m0/s1. The van der Waals surface area contributed by atoms with E-state index in [0.717, 1.165) is 41.8 Å². The largest absolute Gasteiger partial charge is 0.396 e. The average molecular weight is 1100 g/mol. The second-order valence-electron chi connectivity index (χ2n) is 19.6. The van der Waals surface area contributed by atoms with Crippen molar-refractivity contribution in [1.82, 2.24) is 40.9 Å². The number of aromatic nitrogens is 6. The lowest BCUT2D eigenvalue weighted by atomic mass is 10.0. The maximum absolute atomic E-state index is 13.4. The molecular formula is C56H60N10O10S2. The summed E-state index contributed by atoms with van der Waals surface area (Å²) >= 11 is 0. The molecular weight excluding hydrogens is 1040 g/mol. The Balaban J connectivity index is 0.822. The van der Waals surface area contributed by atoms with Gasteiger partial charge in [0.1, 0.15) is 17.5 Å². The molecule has 3 unspecified atom stereocenters. The van der Waals surface area contributed by atoms with Gasteiger partial charge in [0.2, 0.25) is 0 Å². The molecule has 0 radical (unpaired) electrons. The van der Waals surface area contributed by atoms with Crippen LogP contribution in [0.25, 0.3) is 67.9 Å². The van der Waals surface area contributed by atoms with Crippen LogP contribution in [0.5, 0.6) is 0 Å². The fourth-order valence-corrected chi connectivity index (χ4v) is 12.2. The monoisotopic (exact) mass is 1100 g/mol. The maximum Gasteiger partial charge on any atom is 0.189 e. The summed E-state index contributed by atoms with van der Waals surface area (Å²) in [5.74, 6) is 0.850. The van der Waals surface area contributed by atoms with Gasteiger partial charge in [-0.1, -0.05) is 83.1 Å². The highest BCUT2D eigenvalue weighted by Crippen LogP contribution is 2.39. The topological polar surface area (TPSA) is 307 Å². The van der Waals surface area contributed by atoms with Crippen LogP contribution in [0.4, 0.5) is 11.6 Å². The van der Waals surface area contributed by atoms with Gasteiger partial charge in [0.15, 0.2) is 54.2 Å². The number of aliphatic hydroxyl groups is 2. The first-order valence-electron chi connectivity index (χ1n) is 25.7. The highest BCUT2D eigenvalue weighted by Gasteiger charge is 2.33. The van der Waals surface area contributed by atoms with E-state index in [4.69, 9.17) is 44.9 Å². The van der Waals surface area contributed by atoms with Crippen LogP contribution in [-0.4, -0.2) is 113 Å². The van der Waals surface area contributed by atoms with Crippen LogP contribution < -0.4 is 22.1 Å². The molecule has 4 aromatic heterocycles. The first kappa shape index (κ1) is 54.1. The van der Waals surface area contributed by atoms with Crippen molar-refractivity contribution < 1.29 is 45.6 Å². The smallest absolute Gasteiger partial charge is 0.189 e. The van der Waals surface area contributed by atoms with Crippen LogP contribution in [0.15, 0.2) is 134 Å². The predicted octanol–water partition coefficient (Wildman–Crippen LogP) is 7.00. The molecule has 0 amide bonds. The van der Waals surface area contributed by atoms with E-state index in [1.54, 1.807) is 50.2 Å². The molecule has 20 nitrogen and oxygen atoms in total. The summed E-state index contributed by atoms with van der Waals surface area (Å²) in [7, 11) is -7.33. The van der Waals surface area contributed by atoms with Crippen molar-refractivity contribution in [2.75, 3.05) is 44.5 Å². The second kappa shape index (κ2) is 23.4. The molecule has 0 bridgehead atoms. The van der Waals surface area contributed by atoms with Crippen molar-refractivity contribution in [1.29, 1.82) is 0 Å². The molecule has 78 heavy (non-hydrogen) atoms. The fourth-order valence-electron chi connectivity index (χ4n) is 9.37. The van der Waals surface area contributed by atoms with Crippen molar-refractivity contribution in [2.45, 2.75) is 91.1 Å². The Morgan fingerprint density at radius 2 is 1.10 bits per heavy atom. The second-order valence-corrected chi connectivity index (χ2v) is 24.3. The number of nitrogens with zero attached hydrogens (tertiary/aromatic N) is 6. The van der Waals surface area contributed by atoms with Crippen molar-refractivity contribution in [2.24, 2.45) is 0 Å². The zero-order chi connectivity index (χ0) is 54.6. The molecule has 5 atom stereocenters. The highest BCUT2D eigenvalue weighted by molar-refractivity contribution is 7.92. The highest BCUT2D eigenvalue weighted by atomic mass is 32.2. The summed E-state index contributed by atoms with van der Waals surface area (Å²) in [5.41, 5.74) is 21.0. The molecule has 406 valence electrons. The van der Waals surface area contributed by atoms with Crippen molar-refractivity contribution in [3.8, 4) is 67.9 Å². The number of nitrogen functional groups attached to an aromatic ring is 2. The van der Waals surface area contributed by atoms with Gasteiger partial charge in [-0.2, -0.15) is 0 Å². The predicted molar refractivity (Wildman–Crippen MR) is 292 cm³/mol. The van der Waals surface area contributed by atoms with Gasteiger partial charge in [-0.25, -0.2) is 36.8 Å². The number of rotatable bonds is 21. The molecule has 0 aliphatic carbocycles. The van der Waals surface area contributed by atoms with Gasteiger partial charge in [0.25, 0.3) is 0 Å². The quantitative estimate of drug-likeness (QED) is 0.0422. The zero-order valence-corrected chi connectivity index (χ0v) is 44.6. The third kappa shape index (κ3) is 11.8. The van der Waals surface area contributed by atoms with Gasteiger partial charge < -0.3 is 50.8 Å². The van der Waals surface area contributed by atoms with E-state index in [1.165, 1.54) is 30.5 Å². The lowest BCUT2D eigenvalue weighted by Gasteiger charge is -2.17. The Hall–Kier alpha value is -7.28. The van der Waals surface area contributed by atoms with Gasteiger partial charge in [-0.15, -0.1) is 0 Å². The molecule has 6 heterocycles. The number of nitrogens with two attached hydrogens (primary N) is 2. The minimum absolute atomic E-state index is 0.0755. The Labute approximate surface area is 451 Å². The van der Waals surface area contributed by atoms with Crippen LogP contribution in [0.1, 0.15) is 62.5 Å². The Morgan fingerprint density at radius 3 is 1.63 bits per heavy atom. The van der Waals surface area contributed by atoms with Gasteiger partial charge >= 0.3 is 0 Å². The van der Waals surface area contributed by atoms with Crippen LogP contribution in [0, 0.1) is 0 Å². The number of ether oxygens (including phenoxy) is 2. The molecule has 8 N–H and O–H groups in total. The van der Waals surface area contributed by atoms with Crippen LogP contribution in [-0.2, 0) is 42.2 Å². The number of nitrogens with one attached hydrogen (secondary N) is 2. The van der Waals surface area contributed by atoms with Gasteiger partial charge in [-0.05, 0) is 74.9 Å². The van der Waals surface area contributed by atoms with E-state index >= 15 is 0 Å². The maximum atomic E-state index is 13.4. The lowest BCUT2D eigenvalue weighted by molar-refractivity contribution is 0.106. The van der Waals surface area contributed by atoms with Crippen molar-refractivity contribution in [3.63, 3.8) is 0 Å². The van der Waals surface area contributed by atoms with Gasteiger partial charge in [0.05, 0.1) is 56.8 Å². The Morgan fingerprint density at radius 1 is 0.603 bits per heavy atom. The molecule has 2 saturated heterocycles. The summed E-state index contributed by atoms with van der Waals surface area (Å²) in [4.78, 5) is 19.2. The average Bonchev–Trinajstić information content (AvgIpc) is 4.38. The van der Waals surface area contributed by atoms with Crippen LogP contribution in [0.2, 0.25) is 0 Å². The summed E-state index contributed by atoms with van der Waals surface area (Å²) in [6.45, 7) is 5.77. The number of sulfone groups is 2. The van der Waals surface area contributed by atoms with E-state index < -0.39 is 36.3 Å². The lowest BCUT2D eigenvalue weighted by Crippen LogP contribution is -2.28.